The second-order valence-corrected chi connectivity index (χ2v) is 6.38. The molecule has 4 rings (SSSR count). The largest absolute Gasteiger partial charge is 0.338 e. The summed E-state index contributed by atoms with van der Waals surface area (Å²) in [6, 6.07) is 5.53. The third-order valence-corrected chi connectivity index (χ3v) is 4.50. The van der Waals surface area contributed by atoms with Crippen molar-refractivity contribution in [2.45, 2.75) is 13.0 Å². The van der Waals surface area contributed by atoms with Gasteiger partial charge in [0.2, 0.25) is 0 Å². The van der Waals surface area contributed by atoms with Gasteiger partial charge in [0.15, 0.2) is 5.82 Å². The van der Waals surface area contributed by atoms with E-state index >= 15 is 0 Å². The van der Waals surface area contributed by atoms with Crippen molar-refractivity contribution in [2.24, 2.45) is 7.05 Å². The molecule has 138 valence electrons. The number of aryl methyl sites for hydroxylation is 1. The molecule has 0 unspecified atom stereocenters. The van der Waals surface area contributed by atoms with Gasteiger partial charge in [0.25, 0.3) is 11.8 Å². The maximum Gasteiger partial charge on any atom is 0.275 e. The first-order chi connectivity index (χ1) is 13.1. The molecule has 0 saturated carbocycles. The predicted molar refractivity (Wildman–Crippen MR) is 97.2 cm³/mol. The Morgan fingerprint density at radius 2 is 1.96 bits per heavy atom. The Hall–Kier alpha value is -3.49. The molecule has 0 bridgehead atoms. The van der Waals surface area contributed by atoms with Crippen LogP contribution >= 0.6 is 0 Å². The van der Waals surface area contributed by atoms with Crippen LogP contribution in [0.4, 0.5) is 5.82 Å². The maximum absolute atomic E-state index is 12.7. The molecule has 27 heavy (non-hydrogen) atoms. The number of hydrogen-bond acceptors (Lipinski definition) is 5. The average molecular weight is 365 g/mol. The Labute approximate surface area is 155 Å². The van der Waals surface area contributed by atoms with Gasteiger partial charge >= 0.3 is 0 Å². The van der Waals surface area contributed by atoms with E-state index in [-0.39, 0.29) is 11.6 Å². The van der Waals surface area contributed by atoms with Crippen molar-refractivity contribution in [3.05, 3.63) is 59.8 Å². The molecule has 9 nitrogen and oxygen atoms in total. The molecule has 1 fully saturated rings. The minimum atomic E-state index is -0.409. The SMILES string of the molecule is Cn1ncc(C(=O)N2CCC2)c1C(=O)Nc1ccn(Cc2ccncc2)n1. The average Bonchev–Trinajstić information content (AvgIpc) is 3.20. The van der Waals surface area contributed by atoms with Crippen LogP contribution in [0.15, 0.2) is 43.0 Å². The number of rotatable bonds is 5. The van der Waals surface area contributed by atoms with Crippen LogP contribution in [0.1, 0.15) is 32.8 Å². The zero-order chi connectivity index (χ0) is 18.8. The molecular weight excluding hydrogens is 346 g/mol. The number of carbonyl (C=O) groups excluding carboxylic acids is 2. The number of anilines is 1. The summed E-state index contributed by atoms with van der Waals surface area (Å²) in [6.45, 7) is 2.01. The van der Waals surface area contributed by atoms with Crippen LogP contribution in [-0.2, 0) is 13.6 Å². The highest BCUT2D eigenvalue weighted by Gasteiger charge is 2.28. The number of aromatic nitrogens is 5. The first-order valence-electron chi connectivity index (χ1n) is 8.67. The zero-order valence-corrected chi connectivity index (χ0v) is 14.9. The van der Waals surface area contributed by atoms with Gasteiger partial charge in [-0.1, -0.05) is 0 Å². The molecule has 3 aromatic rings. The molecule has 1 aliphatic rings. The van der Waals surface area contributed by atoms with Crippen LogP contribution in [0.5, 0.6) is 0 Å². The molecule has 0 spiro atoms. The van der Waals surface area contributed by atoms with Gasteiger partial charge in [-0.15, -0.1) is 0 Å². The van der Waals surface area contributed by atoms with Crippen molar-refractivity contribution in [2.75, 3.05) is 18.4 Å². The van der Waals surface area contributed by atoms with Gasteiger partial charge in [0.1, 0.15) is 5.69 Å². The molecule has 1 aliphatic heterocycles. The first kappa shape index (κ1) is 17.0. The van der Waals surface area contributed by atoms with Gasteiger partial charge in [0, 0.05) is 44.8 Å². The van der Waals surface area contributed by atoms with E-state index in [0.29, 0.717) is 31.0 Å². The van der Waals surface area contributed by atoms with E-state index in [9.17, 15) is 9.59 Å². The normalized spacial score (nSPS) is 13.3. The number of carbonyl (C=O) groups is 2. The van der Waals surface area contributed by atoms with Gasteiger partial charge in [-0.05, 0) is 24.1 Å². The second kappa shape index (κ2) is 7.02. The van der Waals surface area contributed by atoms with E-state index in [4.69, 9.17) is 0 Å². The minimum absolute atomic E-state index is 0.164. The Kier molecular flexibility index (Phi) is 4.41. The lowest BCUT2D eigenvalue weighted by Gasteiger charge is -2.30. The van der Waals surface area contributed by atoms with E-state index < -0.39 is 5.91 Å². The molecule has 1 saturated heterocycles. The summed E-state index contributed by atoms with van der Waals surface area (Å²) in [6.07, 6.45) is 7.66. The zero-order valence-electron chi connectivity index (χ0n) is 14.9. The van der Waals surface area contributed by atoms with Gasteiger partial charge in [-0.3, -0.25) is 23.9 Å². The summed E-state index contributed by atoms with van der Waals surface area (Å²) in [4.78, 5) is 30.9. The summed E-state index contributed by atoms with van der Waals surface area (Å²) < 4.78 is 3.14. The smallest absolute Gasteiger partial charge is 0.275 e. The van der Waals surface area contributed by atoms with Crippen LogP contribution in [0.25, 0.3) is 0 Å². The van der Waals surface area contributed by atoms with Crippen LogP contribution in [0.3, 0.4) is 0 Å². The topological polar surface area (TPSA) is 97.9 Å². The molecule has 3 aromatic heterocycles. The lowest BCUT2D eigenvalue weighted by atomic mass is 10.1. The Bertz CT molecular complexity index is 973. The van der Waals surface area contributed by atoms with E-state index in [0.717, 1.165) is 12.0 Å². The number of nitrogens with zero attached hydrogens (tertiary/aromatic N) is 6. The minimum Gasteiger partial charge on any atom is -0.338 e. The predicted octanol–water partition coefficient (Wildman–Crippen LogP) is 1.16. The van der Waals surface area contributed by atoms with Gasteiger partial charge in [-0.2, -0.15) is 10.2 Å². The van der Waals surface area contributed by atoms with Crippen molar-refractivity contribution < 1.29 is 9.59 Å². The molecule has 2 amide bonds. The molecule has 0 aliphatic carbocycles. The second-order valence-electron chi connectivity index (χ2n) is 6.38. The van der Waals surface area contributed by atoms with Crippen molar-refractivity contribution >= 4 is 17.6 Å². The fourth-order valence-corrected chi connectivity index (χ4v) is 2.92. The molecule has 0 radical (unpaired) electrons. The van der Waals surface area contributed by atoms with Crippen LogP contribution in [-0.4, -0.2) is 54.3 Å². The fraction of sp³-hybridized carbons (Fsp3) is 0.278. The monoisotopic (exact) mass is 365 g/mol. The summed E-state index contributed by atoms with van der Waals surface area (Å²) in [5.41, 5.74) is 1.60. The third kappa shape index (κ3) is 3.43. The van der Waals surface area contributed by atoms with Crippen LogP contribution in [0.2, 0.25) is 0 Å². The van der Waals surface area contributed by atoms with E-state index in [2.05, 4.69) is 20.5 Å². The highest BCUT2D eigenvalue weighted by Crippen LogP contribution is 2.17. The number of amides is 2. The van der Waals surface area contributed by atoms with Gasteiger partial charge in [0.05, 0.1) is 18.3 Å². The highest BCUT2D eigenvalue weighted by molar-refractivity contribution is 6.10. The van der Waals surface area contributed by atoms with Crippen molar-refractivity contribution in [1.29, 1.82) is 0 Å². The first-order valence-corrected chi connectivity index (χ1v) is 8.67. The molecular formula is C18H19N7O2. The van der Waals surface area contributed by atoms with Crippen LogP contribution < -0.4 is 5.32 Å². The summed E-state index contributed by atoms with van der Waals surface area (Å²) >= 11 is 0. The molecule has 0 aromatic carbocycles. The molecule has 9 heteroatoms. The Morgan fingerprint density at radius 1 is 1.19 bits per heavy atom. The van der Waals surface area contributed by atoms with Crippen molar-refractivity contribution in [3.8, 4) is 0 Å². The number of nitrogens with one attached hydrogen (secondary N) is 1. The molecule has 4 heterocycles. The lowest BCUT2D eigenvalue weighted by Crippen LogP contribution is -2.42. The Morgan fingerprint density at radius 3 is 2.67 bits per heavy atom. The maximum atomic E-state index is 12.7. The summed E-state index contributed by atoms with van der Waals surface area (Å²) in [7, 11) is 1.64. The standard InChI is InChI=1S/C18H19N7O2/c1-23-16(14(11-20-23)18(27)24-8-2-9-24)17(26)21-15-5-10-25(22-15)12-13-3-6-19-7-4-13/h3-7,10-11H,2,8-9,12H2,1H3,(H,21,22,26). The molecule has 1 N–H and O–H groups in total. The highest BCUT2D eigenvalue weighted by atomic mass is 16.2. The summed E-state index contributed by atoms with van der Waals surface area (Å²) in [5, 5.41) is 11.2. The van der Waals surface area contributed by atoms with Gasteiger partial charge < -0.3 is 10.2 Å². The van der Waals surface area contributed by atoms with Crippen LogP contribution in [0, 0.1) is 0 Å². The van der Waals surface area contributed by atoms with E-state index in [1.807, 2.05) is 12.1 Å². The molecule has 0 atom stereocenters. The van der Waals surface area contributed by atoms with E-state index in [1.54, 1.807) is 41.3 Å². The fourth-order valence-electron chi connectivity index (χ4n) is 2.92. The Balaban J connectivity index is 1.48. The van der Waals surface area contributed by atoms with Crippen molar-refractivity contribution in [3.63, 3.8) is 0 Å². The number of hydrogen-bond donors (Lipinski definition) is 1. The lowest BCUT2D eigenvalue weighted by molar-refractivity contribution is 0.0648. The third-order valence-electron chi connectivity index (χ3n) is 4.50. The van der Waals surface area contributed by atoms with Gasteiger partial charge in [-0.25, -0.2) is 0 Å². The number of pyridine rings is 1. The van der Waals surface area contributed by atoms with Crippen molar-refractivity contribution in [1.82, 2.24) is 29.4 Å². The van der Waals surface area contributed by atoms with E-state index in [1.165, 1.54) is 10.9 Å². The number of likely N-dealkylation sites (tertiary alicyclic amines) is 1. The summed E-state index contributed by atoms with van der Waals surface area (Å²) in [5.74, 6) is -0.159. The quantitative estimate of drug-likeness (QED) is 0.732.